The van der Waals surface area contributed by atoms with E-state index in [2.05, 4.69) is 0 Å². The molecule has 2 heterocycles. The maximum atomic E-state index is 11.8. The van der Waals surface area contributed by atoms with Crippen LogP contribution in [-0.2, 0) is 19.0 Å². The minimum absolute atomic E-state index is 0.0127. The number of nitrogens with zero attached hydrogens (tertiary/aromatic N) is 1. The van der Waals surface area contributed by atoms with Gasteiger partial charge in [0.2, 0.25) is 5.79 Å². The number of hydrogen-bond donors (Lipinski definition) is 2. The van der Waals surface area contributed by atoms with Gasteiger partial charge in [0.15, 0.2) is 0 Å². The van der Waals surface area contributed by atoms with Gasteiger partial charge in [-0.1, -0.05) is 0 Å². The van der Waals surface area contributed by atoms with Crippen LogP contribution in [0.3, 0.4) is 0 Å². The molecule has 0 saturated carbocycles. The van der Waals surface area contributed by atoms with Crippen LogP contribution in [0.5, 0.6) is 0 Å². The van der Waals surface area contributed by atoms with Crippen molar-refractivity contribution in [1.29, 1.82) is 0 Å². The Morgan fingerprint density at radius 1 is 1.39 bits per heavy atom. The Hall–Kier alpha value is -1.38. The molecule has 0 bridgehead atoms. The highest BCUT2D eigenvalue weighted by atomic mass is 16.7. The molecule has 2 aliphatic heterocycles. The standard InChI is InChI=1S/C10H15NO7/c12-1-2-16-8(13)7-5-11(9(14)15)6-10(7)17-3-4-18-10/h7,12H,1-6H2,(H,14,15). The Balaban J connectivity index is 2.10. The molecule has 0 aliphatic carbocycles. The number of carboxylic acid groups (broad SMARTS) is 1. The zero-order valence-corrected chi connectivity index (χ0v) is 9.70. The smallest absolute Gasteiger partial charge is 0.407 e. The first-order valence-electron chi connectivity index (χ1n) is 5.62. The van der Waals surface area contributed by atoms with Gasteiger partial charge in [-0.25, -0.2) is 4.79 Å². The fourth-order valence-corrected chi connectivity index (χ4v) is 2.21. The molecule has 102 valence electrons. The number of hydrogen-bond acceptors (Lipinski definition) is 6. The van der Waals surface area contributed by atoms with Crippen molar-refractivity contribution in [2.24, 2.45) is 5.92 Å². The molecule has 0 aromatic heterocycles. The summed E-state index contributed by atoms with van der Waals surface area (Å²) in [5.74, 6) is -2.66. The Morgan fingerprint density at radius 3 is 2.61 bits per heavy atom. The molecule has 1 amide bonds. The minimum atomic E-state index is -1.23. The average Bonchev–Trinajstić information content (AvgIpc) is 2.95. The first kappa shape index (κ1) is 13.1. The quantitative estimate of drug-likeness (QED) is 0.619. The topological polar surface area (TPSA) is 106 Å². The van der Waals surface area contributed by atoms with Crippen LogP contribution in [0.4, 0.5) is 4.79 Å². The molecule has 2 aliphatic rings. The summed E-state index contributed by atoms with van der Waals surface area (Å²) in [4.78, 5) is 23.8. The molecule has 8 nitrogen and oxygen atoms in total. The van der Waals surface area contributed by atoms with Gasteiger partial charge in [-0.2, -0.15) is 0 Å². The van der Waals surface area contributed by atoms with Gasteiger partial charge in [-0.3, -0.25) is 4.79 Å². The van der Waals surface area contributed by atoms with Crippen molar-refractivity contribution in [1.82, 2.24) is 4.90 Å². The number of aliphatic hydroxyl groups excluding tert-OH is 1. The summed E-state index contributed by atoms with van der Waals surface area (Å²) in [6.45, 7) is 0.184. The number of ether oxygens (including phenoxy) is 3. The van der Waals surface area contributed by atoms with Crippen LogP contribution in [0.25, 0.3) is 0 Å². The van der Waals surface area contributed by atoms with Crippen LogP contribution in [0, 0.1) is 5.92 Å². The van der Waals surface area contributed by atoms with E-state index in [1.807, 2.05) is 0 Å². The van der Waals surface area contributed by atoms with Gasteiger partial charge < -0.3 is 29.3 Å². The number of likely N-dealkylation sites (tertiary alicyclic amines) is 1. The van der Waals surface area contributed by atoms with E-state index >= 15 is 0 Å². The maximum absolute atomic E-state index is 11.8. The molecule has 2 rings (SSSR count). The lowest BCUT2D eigenvalue weighted by Crippen LogP contribution is -2.44. The summed E-state index contributed by atoms with van der Waals surface area (Å²) in [6, 6.07) is 0. The SMILES string of the molecule is O=C(OCCO)C1CN(C(=O)O)CC12OCCO2. The van der Waals surface area contributed by atoms with E-state index in [1.165, 1.54) is 0 Å². The highest BCUT2D eigenvalue weighted by Gasteiger charge is 2.56. The number of esters is 1. The summed E-state index contributed by atoms with van der Waals surface area (Å²) < 4.78 is 15.6. The molecular weight excluding hydrogens is 246 g/mol. The molecule has 1 spiro atoms. The van der Waals surface area contributed by atoms with E-state index < -0.39 is 23.8 Å². The lowest BCUT2D eigenvalue weighted by molar-refractivity contribution is -0.193. The van der Waals surface area contributed by atoms with Gasteiger partial charge in [-0.05, 0) is 0 Å². The second kappa shape index (κ2) is 5.09. The third-order valence-corrected chi connectivity index (χ3v) is 3.01. The normalized spacial score (nSPS) is 25.6. The highest BCUT2D eigenvalue weighted by Crippen LogP contribution is 2.36. The summed E-state index contributed by atoms with van der Waals surface area (Å²) in [5, 5.41) is 17.6. The Bertz CT molecular complexity index is 339. The van der Waals surface area contributed by atoms with Gasteiger partial charge in [-0.15, -0.1) is 0 Å². The highest BCUT2D eigenvalue weighted by molar-refractivity contribution is 5.76. The third kappa shape index (κ3) is 2.26. The minimum Gasteiger partial charge on any atom is -0.465 e. The van der Waals surface area contributed by atoms with Crippen LogP contribution in [0.15, 0.2) is 0 Å². The summed E-state index contributed by atoms with van der Waals surface area (Å²) in [7, 11) is 0. The first-order valence-corrected chi connectivity index (χ1v) is 5.62. The van der Waals surface area contributed by atoms with E-state index in [0.717, 1.165) is 4.90 Å². The van der Waals surface area contributed by atoms with Crippen LogP contribution in [0.1, 0.15) is 0 Å². The van der Waals surface area contributed by atoms with Gasteiger partial charge in [0.1, 0.15) is 12.5 Å². The van der Waals surface area contributed by atoms with Crippen LogP contribution >= 0.6 is 0 Å². The van der Waals surface area contributed by atoms with E-state index in [0.29, 0.717) is 13.2 Å². The van der Waals surface area contributed by atoms with Gasteiger partial charge in [0.25, 0.3) is 0 Å². The molecule has 1 atom stereocenters. The first-order chi connectivity index (χ1) is 8.59. The predicted molar refractivity (Wildman–Crippen MR) is 55.8 cm³/mol. The van der Waals surface area contributed by atoms with Gasteiger partial charge in [0, 0.05) is 6.54 Å². The maximum Gasteiger partial charge on any atom is 0.407 e. The zero-order valence-electron chi connectivity index (χ0n) is 9.70. The Morgan fingerprint density at radius 2 is 2.06 bits per heavy atom. The van der Waals surface area contributed by atoms with Crippen molar-refractivity contribution >= 4 is 12.1 Å². The zero-order chi connectivity index (χ0) is 13.2. The number of amides is 1. The third-order valence-electron chi connectivity index (χ3n) is 3.01. The number of carbonyl (C=O) groups excluding carboxylic acids is 1. The average molecular weight is 261 g/mol. The fourth-order valence-electron chi connectivity index (χ4n) is 2.21. The summed E-state index contributed by atoms with van der Waals surface area (Å²) in [5.41, 5.74) is 0. The van der Waals surface area contributed by atoms with E-state index in [4.69, 9.17) is 24.4 Å². The summed E-state index contributed by atoms with van der Waals surface area (Å²) in [6.07, 6.45) is -1.13. The molecule has 2 saturated heterocycles. The van der Waals surface area contributed by atoms with Crippen molar-refractivity contribution in [3.8, 4) is 0 Å². The molecule has 1 unspecified atom stereocenters. The van der Waals surface area contributed by atoms with Crippen LogP contribution < -0.4 is 0 Å². The van der Waals surface area contributed by atoms with Crippen molar-refractivity contribution in [3.63, 3.8) is 0 Å². The molecule has 2 fully saturated rings. The molecule has 8 heteroatoms. The molecule has 0 radical (unpaired) electrons. The largest absolute Gasteiger partial charge is 0.465 e. The van der Waals surface area contributed by atoms with E-state index in [1.54, 1.807) is 0 Å². The lowest BCUT2D eigenvalue weighted by atomic mass is 10.0. The van der Waals surface area contributed by atoms with Crippen molar-refractivity contribution in [2.45, 2.75) is 5.79 Å². The molecule has 0 aromatic carbocycles. The number of aliphatic hydroxyl groups is 1. The Kier molecular flexibility index (Phi) is 3.69. The molecule has 2 N–H and O–H groups in total. The molecular formula is C10H15NO7. The van der Waals surface area contributed by atoms with Crippen LogP contribution in [-0.4, -0.2) is 72.5 Å². The number of rotatable bonds is 3. The Labute approximate surface area is 103 Å². The van der Waals surface area contributed by atoms with E-state index in [-0.39, 0.29) is 26.3 Å². The van der Waals surface area contributed by atoms with Crippen molar-refractivity contribution in [3.05, 3.63) is 0 Å². The number of carbonyl (C=O) groups is 2. The second-order valence-corrected chi connectivity index (χ2v) is 4.12. The lowest BCUT2D eigenvalue weighted by Gasteiger charge is -2.26. The van der Waals surface area contributed by atoms with Crippen molar-refractivity contribution in [2.75, 3.05) is 39.5 Å². The van der Waals surface area contributed by atoms with Gasteiger partial charge in [0.05, 0.1) is 26.4 Å². The van der Waals surface area contributed by atoms with Gasteiger partial charge >= 0.3 is 12.1 Å². The van der Waals surface area contributed by atoms with E-state index in [9.17, 15) is 9.59 Å². The monoisotopic (exact) mass is 261 g/mol. The van der Waals surface area contributed by atoms with Crippen LogP contribution in [0.2, 0.25) is 0 Å². The fraction of sp³-hybridized carbons (Fsp3) is 0.800. The van der Waals surface area contributed by atoms with Crippen molar-refractivity contribution < 1.29 is 34.0 Å². The summed E-state index contributed by atoms with van der Waals surface area (Å²) >= 11 is 0. The second-order valence-electron chi connectivity index (χ2n) is 4.12. The predicted octanol–water partition coefficient (Wildman–Crippen LogP) is -1.13. The molecule has 0 aromatic rings. The molecule has 18 heavy (non-hydrogen) atoms.